The molecule has 2 unspecified atom stereocenters. The third-order valence-corrected chi connectivity index (χ3v) is 4.18. The van der Waals surface area contributed by atoms with Crippen LogP contribution in [0.5, 0.6) is 0 Å². The van der Waals surface area contributed by atoms with Gasteiger partial charge in [-0.3, -0.25) is 4.79 Å². The first-order valence-electron chi connectivity index (χ1n) is 7.54. The molecular weight excluding hydrogens is 244 g/mol. The molecule has 1 amide bonds. The fraction of sp³-hybridized carbons (Fsp3) is 0.929. The molecule has 0 aromatic heterocycles. The topological polar surface area (TPSA) is 50.8 Å². The van der Waals surface area contributed by atoms with Crippen LogP contribution >= 0.6 is 0 Å². The average molecular weight is 268 g/mol. The molecule has 2 aliphatic heterocycles. The van der Waals surface area contributed by atoms with Crippen LogP contribution in [0.2, 0.25) is 0 Å². The molecular formula is C14H24N2O3. The van der Waals surface area contributed by atoms with Crippen molar-refractivity contribution in [3.63, 3.8) is 0 Å². The van der Waals surface area contributed by atoms with E-state index in [1.54, 1.807) is 0 Å². The van der Waals surface area contributed by atoms with Crippen LogP contribution in [0, 0.1) is 5.92 Å². The standard InChI is InChI=1S/C14H24N2O3/c17-14(13-10-18-6-7-19-13)16(8-11-3-4-11)9-12-2-1-5-15-12/h11-13,15H,1-10H2. The summed E-state index contributed by atoms with van der Waals surface area (Å²) < 4.78 is 10.9. The molecule has 5 heteroatoms. The van der Waals surface area contributed by atoms with Crippen LogP contribution in [0.15, 0.2) is 0 Å². The van der Waals surface area contributed by atoms with Gasteiger partial charge in [-0.05, 0) is 38.1 Å². The Hall–Kier alpha value is -0.650. The summed E-state index contributed by atoms with van der Waals surface area (Å²) in [6, 6.07) is 0.465. The van der Waals surface area contributed by atoms with Crippen molar-refractivity contribution in [2.75, 3.05) is 39.5 Å². The molecule has 108 valence electrons. The quantitative estimate of drug-likeness (QED) is 0.784. The number of ether oxygens (including phenoxy) is 2. The molecule has 5 nitrogen and oxygen atoms in total. The number of nitrogens with one attached hydrogen (secondary N) is 1. The maximum Gasteiger partial charge on any atom is 0.254 e. The summed E-state index contributed by atoms with van der Waals surface area (Å²) in [7, 11) is 0. The molecule has 2 saturated heterocycles. The van der Waals surface area contributed by atoms with Crippen molar-refractivity contribution in [1.29, 1.82) is 0 Å². The first kappa shape index (κ1) is 13.3. The highest BCUT2D eigenvalue weighted by Gasteiger charge is 2.33. The third-order valence-electron chi connectivity index (χ3n) is 4.18. The zero-order valence-electron chi connectivity index (χ0n) is 11.5. The number of hydrogen-bond donors (Lipinski definition) is 1. The van der Waals surface area contributed by atoms with E-state index in [0.29, 0.717) is 25.9 Å². The Morgan fingerprint density at radius 3 is 2.74 bits per heavy atom. The predicted octanol–water partition coefficient (Wildman–Crippen LogP) is 0.392. The van der Waals surface area contributed by atoms with Crippen LogP contribution in [-0.4, -0.2) is 62.4 Å². The molecule has 1 saturated carbocycles. The summed E-state index contributed by atoms with van der Waals surface area (Å²) in [6.45, 7) is 4.37. The number of carbonyl (C=O) groups excluding carboxylic acids is 1. The fourth-order valence-corrected chi connectivity index (χ4v) is 2.88. The Bertz CT molecular complexity index is 308. The van der Waals surface area contributed by atoms with Gasteiger partial charge in [-0.2, -0.15) is 0 Å². The number of amides is 1. The van der Waals surface area contributed by atoms with E-state index in [1.165, 1.54) is 25.7 Å². The van der Waals surface area contributed by atoms with Crippen molar-refractivity contribution >= 4 is 5.91 Å². The van der Waals surface area contributed by atoms with Gasteiger partial charge in [0.05, 0.1) is 19.8 Å². The van der Waals surface area contributed by atoms with Gasteiger partial charge < -0.3 is 19.7 Å². The van der Waals surface area contributed by atoms with Gasteiger partial charge in [-0.1, -0.05) is 0 Å². The zero-order valence-corrected chi connectivity index (χ0v) is 11.5. The highest BCUT2D eigenvalue weighted by molar-refractivity contribution is 5.81. The lowest BCUT2D eigenvalue weighted by molar-refractivity contribution is -0.158. The highest BCUT2D eigenvalue weighted by Crippen LogP contribution is 2.30. The minimum absolute atomic E-state index is 0.125. The van der Waals surface area contributed by atoms with Gasteiger partial charge in [-0.15, -0.1) is 0 Å². The van der Waals surface area contributed by atoms with Gasteiger partial charge in [0.25, 0.3) is 5.91 Å². The lowest BCUT2D eigenvalue weighted by Gasteiger charge is -2.31. The maximum atomic E-state index is 12.5. The number of nitrogens with zero attached hydrogens (tertiary/aromatic N) is 1. The molecule has 0 aromatic carbocycles. The second-order valence-electron chi connectivity index (χ2n) is 5.91. The Morgan fingerprint density at radius 2 is 2.11 bits per heavy atom. The van der Waals surface area contributed by atoms with Crippen molar-refractivity contribution in [3.8, 4) is 0 Å². The third kappa shape index (κ3) is 3.68. The molecule has 2 atom stereocenters. The monoisotopic (exact) mass is 268 g/mol. The smallest absolute Gasteiger partial charge is 0.254 e. The molecule has 2 heterocycles. The SMILES string of the molecule is O=C(C1COCCO1)N(CC1CC1)CC1CCCN1. The molecule has 3 aliphatic rings. The first-order valence-corrected chi connectivity index (χ1v) is 7.54. The van der Waals surface area contributed by atoms with E-state index < -0.39 is 0 Å². The van der Waals surface area contributed by atoms with Gasteiger partial charge in [0.2, 0.25) is 0 Å². The van der Waals surface area contributed by atoms with Crippen LogP contribution in [0.4, 0.5) is 0 Å². The summed E-state index contributed by atoms with van der Waals surface area (Å²) in [5, 5.41) is 3.47. The van der Waals surface area contributed by atoms with Crippen molar-refractivity contribution in [1.82, 2.24) is 10.2 Å². The zero-order chi connectivity index (χ0) is 13.1. The largest absolute Gasteiger partial charge is 0.376 e. The Kier molecular flexibility index (Phi) is 4.35. The second kappa shape index (κ2) is 6.20. The molecule has 0 bridgehead atoms. The van der Waals surface area contributed by atoms with Crippen LogP contribution in [0.1, 0.15) is 25.7 Å². The average Bonchev–Trinajstić information content (AvgIpc) is 3.12. The van der Waals surface area contributed by atoms with Crippen molar-refractivity contribution < 1.29 is 14.3 Å². The number of hydrogen-bond acceptors (Lipinski definition) is 4. The van der Waals surface area contributed by atoms with Crippen LogP contribution in [0.3, 0.4) is 0 Å². The summed E-state index contributed by atoms with van der Waals surface area (Å²) >= 11 is 0. The number of carbonyl (C=O) groups is 1. The van der Waals surface area contributed by atoms with E-state index in [-0.39, 0.29) is 12.0 Å². The van der Waals surface area contributed by atoms with Crippen LogP contribution in [0.25, 0.3) is 0 Å². The molecule has 3 fully saturated rings. The van der Waals surface area contributed by atoms with E-state index in [4.69, 9.17) is 9.47 Å². The first-order chi connectivity index (χ1) is 9.33. The Balaban J connectivity index is 1.57. The van der Waals surface area contributed by atoms with Crippen molar-refractivity contribution in [3.05, 3.63) is 0 Å². The van der Waals surface area contributed by atoms with E-state index in [9.17, 15) is 4.79 Å². The molecule has 0 aromatic rings. The van der Waals surface area contributed by atoms with E-state index in [0.717, 1.165) is 25.6 Å². The minimum Gasteiger partial charge on any atom is -0.376 e. The molecule has 0 spiro atoms. The van der Waals surface area contributed by atoms with E-state index in [2.05, 4.69) is 5.32 Å². The summed E-state index contributed by atoms with van der Waals surface area (Å²) in [4.78, 5) is 14.6. The normalized spacial score (nSPS) is 31.4. The summed E-state index contributed by atoms with van der Waals surface area (Å²) in [6.07, 6.45) is 4.55. The molecule has 0 radical (unpaired) electrons. The van der Waals surface area contributed by atoms with Crippen LogP contribution in [-0.2, 0) is 14.3 Å². The van der Waals surface area contributed by atoms with Gasteiger partial charge in [-0.25, -0.2) is 0 Å². The summed E-state index contributed by atoms with van der Waals surface area (Å²) in [5.41, 5.74) is 0. The molecule has 1 N–H and O–H groups in total. The predicted molar refractivity (Wildman–Crippen MR) is 70.9 cm³/mol. The Labute approximate surface area is 114 Å². The van der Waals surface area contributed by atoms with E-state index >= 15 is 0 Å². The highest BCUT2D eigenvalue weighted by atomic mass is 16.6. The second-order valence-corrected chi connectivity index (χ2v) is 5.91. The molecule has 19 heavy (non-hydrogen) atoms. The maximum absolute atomic E-state index is 12.5. The van der Waals surface area contributed by atoms with Gasteiger partial charge in [0.1, 0.15) is 0 Å². The van der Waals surface area contributed by atoms with Gasteiger partial charge in [0.15, 0.2) is 6.10 Å². The fourth-order valence-electron chi connectivity index (χ4n) is 2.88. The Morgan fingerprint density at radius 1 is 1.21 bits per heavy atom. The van der Waals surface area contributed by atoms with Gasteiger partial charge >= 0.3 is 0 Å². The van der Waals surface area contributed by atoms with E-state index in [1.807, 2.05) is 4.90 Å². The van der Waals surface area contributed by atoms with Gasteiger partial charge in [0, 0.05) is 19.1 Å². The lowest BCUT2D eigenvalue weighted by Crippen LogP contribution is -2.49. The molecule has 1 aliphatic carbocycles. The van der Waals surface area contributed by atoms with Crippen molar-refractivity contribution in [2.24, 2.45) is 5.92 Å². The summed E-state index contributed by atoms with van der Waals surface area (Å²) in [5.74, 6) is 0.843. The molecule has 3 rings (SSSR count). The minimum atomic E-state index is -0.381. The van der Waals surface area contributed by atoms with Crippen LogP contribution < -0.4 is 5.32 Å². The van der Waals surface area contributed by atoms with Crippen molar-refractivity contribution in [2.45, 2.75) is 37.8 Å². The number of rotatable bonds is 5. The lowest BCUT2D eigenvalue weighted by atomic mass is 10.2.